The summed E-state index contributed by atoms with van der Waals surface area (Å²) in [4.78, 5) is 50.8. The van der Waals surface area contributed by atoms with E-state index in [9.17, 15) is 14.4 Å². The zero-order chi connectivity index (χ0) is 24.2. The van der Waals surface area contributed by atoms with Crippen molar-refractivity contribution in [2.24, 2.45) is 0 Å². The lowest BCUT2D eigenvalue weighted by Gasteiger charge is -2.13. The number of benzene rings is 2. The van der Waals surface area contributed by atoms with E-state index in [1.807, 2.05) is 12.1 Å². The first-order valence-corrected chi connectivity index (χ1v) is 11.0. The van der Waals surface area contributed by atoms with Crippen LogP contribution in [0.2, 0.25) is 0 Å². The Morgan fingerprint density at radius 2 is 1.63 bits per heavy atom. The average Bonchev–Trinajstić information content (AvgIpc) is 3.50. The number of anilines is 3. The SMILES string of the molecule is O=C(CCCN1C(=O)c2ccccc2C1=O)Nc1ccc(Nc2cc(-n3ccnc3)ncn2)cc1. The van der Waals surface area contributed by atoms with Gasteiger partial charge in [-0.15, -0.1) is 0 Å². The van der Waals surface area contributed by atoms with Crippen molar-refractivity contribution in [1.29, 1.82) is 0 Å². The van der Waals surface area contributed by atoms with Crippen molar-refractivity contribution in [1.82, 2.24) is 24.4 Å². The van der Waals surface area contributed by atoms with Gasteiger partial charge in [-0.2, -0.15) is 0 Å². The minimum Gasteiger partial charge on any atom is -0.340 e. The van der Waals surface area contributed by atoms with Crippen molar-refractivity contribution in [3.8, 4) is 5.82 Å². The maximum Gasteiger partial charge on any atom is 0.261 e. The minimum absolute atomic E-state index is 0.186. The normalized spacial score (nSPS) is 12.5. The van der Waals surface area contributed by atoms with Crippen LogP contribution in [0.1, 0.15) is 33.6 Å². The van der Waals surface area contributed by atoms with Crippen molar-refractivity contribution in [3.63, 3.8) is 0 Å². The standard InChI is InChI=1S/C25H21N7O3/c33-23(6-3-12-32-24(34)19-4-1-2-5-20(19)25(32)35)30-18-9-7-17(8-10-18)29-21-14-22(28-15-27-21)31-13-11-26-16-31/h1-2,4-5,7-11,13-16H,3,6,12H2,(H,30,33)(H,27,28,29). The van der Waals surface area contributed by atoms with Crippen LogP contribution >= 0.6 is 0 Å². The highest BCUT2D eigenvalue weighted by molar-refractivity contribution is 6.21. The Bertz CT molecular complexity index is 1350. The summed E-state index contributed by atoms with van der Waals surface area (Å²) >= 11 is 0. The number of nitrogens with zero attached hydrogens (tertiary/aromatic N) is 5. The maximum absolute atomic E-state index is 12.4. The molecule has 35 heavy (non-hydrogen) atoms. The number of hydrogen-bond donors (Lipinski definition) is 2. The van der Waals surface area contributed by atoms with Gasteiger partial charge in [0.1, 0.15) is 24.3 Å². The Labute approximate surface area is 200 Å². The molecule has 0 atom stereocenters. The highest BCUT2D eigenvalue weighted by Gasteiger charge is 2.34. The van der Waals surface area contributed by atoms with E-state index in [1.54, 1.807) is 65.8 Å². The Balaban J connectivity index is 1.11. The summed E-state index contributed by atoms with van der Waals surface area (Å²) in [6.45, 7) is 0.197. The van der Waals surface area contributed by atoms with Crippen LogP contribution in [0.5, 0.6) is 0 Å². The van der Waals surface area contributed by atoms with E-state index >= 15 is 0 Å². The summed E-state index contributed by atoms with van der Waals surface area (Å²) in [5.74, 6) is 0.492. The Morgan fingerprint density at radius 3 is 2.31 bits per heavy atom. The predicted molar refractivity (Wildman–Crippen MR) is 129 cm³/mol. The monoisotopic (exact) mass is 467 g/mol. The molecule has 0 aliphatic carbocycles. The van der Waals surface area contributed by atoms with E-state index < -0.39 is 0 Å². The first-order chi connectivity index (χ1) is 17.1. The number of carbonyl (C=O) groups excluding carboxylic acids is 3. The van der Waals surface area contributed by atoms with E-state index in [1.165, 1.54) is 11.2 Å². The first kappa shape index (κ1) is 22.0. The van der Waals surface area contributed by atoms with Crippen molar-refractivity contribution in [2.75, 3.05) is 17.2 Å². The van der Waals surface area contributed by atoms with Crippen LogP contribution in [0.3, 0.4) is 0 Å². The first-order valence-electron chi connectivity index (χ1n) is 11.0. The zero-order valence-corrected chi connectivity index (χ0v) is 18.6. The van der Waals surface area contributed by atoms with Gasteiger partial charge in [0.05, 0.1) is 11.1 Å². The summed E-state index contributed by atoms with van der Waals surface area (Å²) in [5, 5.41) is 6.04. The number of imide groups is 1. The van der Waals surface area contributed by atoms with Gasteiger partial charge in [-0.05, 0) is 42.8 Å². The van der Waals surface area contributed by atoms with E-state index in [0.717, 1.165) is 5.69 Å². The second-order valence-electron chi connectivity index (χ2n) is 7.89. The topological polar surface area (TPSA) is 122 Å². The minimum atomic E-state index is -0.310. The molecule has 0 unspecified atom stereocenters. The van der Waals surface area contributed by atoms with E-state index in [4.69, 9.17) is 0 Å². The number of amides is 3. The third kappa shape index (κ3) is 4.76. The van der Waals surface area contributed by atoms with Crippen LogP contribution in [0.15, 0.2) is 79.6 Å². The number of carbonyl (C=O) groups is 3. The third-order valence-electron chi connectivity index (χ3n) is 5.53. The van der Waals surface area contributed by atoms with Gasteiger partial charge in [0.25, 0.3) is 11.8 Å². The number of fused-ring (bicyclic) bond motifs is 1. The second kappa shape index (κ2) is 9.56. The van der Waals surface area contributed by atoms with Crippen LogP contribution in [0.25, 0.3) is 5.82 Å². The molecule has 2 aromatic heterocycles. The fraction of sp³-hybridized carbons (Fsp3) is 0.120. The highest BCUT2D eigenvalue weighted by atomic mass is 16.2. The molecule has 10 heteroatoms. The largest absolute Gasteiger partial charge is 0.340 e. The average molecular weight is 467 g/mol. The molecular weight excluding hydrogens is 446 g/mol. The summed E-state index contributed by atoms with van der Waals surface area (Å²) in [6.07, 6.45) is 7.16. The number of hydrogen-bond acceptors (Lipinski definition) is 7. The van der Waals surface area contributed by atoms with Gasteiger partial charge in [0, 0.05) is 42.8 Å². The molecule has 0 bridgehead atoms. The molecule has 0 radical (unpaired) electrons. The molecule has 174 valence electrons. The van der Waals surface area contributed by atoms with E-state index in [0.29, 0.717) is 34.9 Å². The van der Waals surface area contributed by atoms with Gasteiger partial charge < -0.3 is 10.6 Å². The summed E-state index contributed by atoms with van der Waals surface area (Å²) in [7, 11) is 0. The highest BCUT2D eigenvalue weighted by Crippen LogP contribution is 2.23. The second-order valence-corrected chi connectivity index (χ2v) is 7.89. The van der Waals surface area contributed by atoms with Crippen LogP contribution in [-0.2, 0) is 4.79 Å². The van der Waals surface area contributed by atoms with Crippen LogP contribution in [0, 0.1) is 0 Å². The number of rotatable bonds is 8. The van der Waals surface area contributed by atoms with Crippen molar-refractivity contribution in [3.05, 3.63) is 90.8 Å². The van der Waals surface area contributed by atoms with Crippen LogP contribution < -0.4 is 10.6 Å². The van der Waals surface area contributed by atoms with Crippen molar-refractivity contribution >= 4 is 34.9 Å². The van der Waals surface area contributed by atoms with Crippen LogP contribution in [0.4, 0.5) is 17.2 Å². The predicted octanol–water partition coefficient (Wildman–Crippen LogP) is 3.42. The van der Waals surface area contributed by atoms with Gasteiger partial charge in [0.2, 0.25) is 5.91 Å². The summed E-state index contributed by atoms with van der Waals surface area (Å²) in [6, 6.07) is 15.8. The molecule has 2 aromatic carbocycles. The number of aromatic nitrogens is 4. The smallest absolute Gasteiger partial charge is 0.261 e. The summed E-state index contributed by atoms with van der Waals surface area (Å²) < 4.78 is 1.78. The molecule has 0 saturated heterocycles. The molecule has 3 heterocycles. The fourth-order valence-electron chi connectivity index (χ4n) is 3.80. The van der Waals surface area contributed by atoms with Gasteiger partial charge in [-0.1, -0.05) is 12.1 Å². The van der Waals surface area contributed by atoms with Crippen LogP contribution in [-0.4, -0.2) is 48.7 Å². The van der Waals surface area contributed by atoms with Crippen molar-refractivity contribution < 1.29 is 14.4 Å². The van der Waals surface area contributed by atoms with E-state index in [-0.39, 0.29) is 30.7 Å². The maximum atomic E-state index is 12.4. The van der Waals surface area contributed by atoms with E-state index in [2.05, 4.69) is 25.6 Å². The molecule has 1 aliphatic rings. The quantitative estimate of drug-likeness (QED) is 0.381. The summed E-state index contributed by atoms with van der Waals surface area (Å²) in [5.41, 5.74) is 2.26. The lowest BCUT2D eigenvalue weighted by atomic mass is 10.1. The zero-order valence-electron chi connectivity index (χ0n) is 18.6. The molecule has 5 rings (SSSR count). The lowest BCUT2D eigenvalue weighted by molar-refractivity contribution is -0.116. The fourth-order valence-corrected chi connectivity index (χ4v) is 3.80. The van der Waals surface area contributed by atoms with Gasteiger partial charge >= 0.3 is 0 Å². The van der Waals surface area contributed by atoms with Crippen molar-refractivity contribution in [2.45, 2.75) is 12.8 Å². The molecule has 0 saturated carbocycles. The Hall–Kier alpha value is -4.86. The molecule has 1 aliphatic heterocycles. The lowest BCUT2D eigenvalue weighted by Crippen LogP contribution is -2.31. The third-order valence-corrected chi connectivity index (χ3v) is 5.53. The van der Waals surface area contributed by atoms with Gasteiger partial charge in [0.15, 0.2) is 0 Å². The molecule has 0 fully saturated rings. The molecule has 4 aromatic rings. The van der Waals surface area contributed by atoms with Gasteiger partial charge in [-0.3, -0.25) is 23.9 Å². The molecule has 10 nitrogen and oxygen atoms in total. The molecule has 3 amide bonds. The Kier molecular flexibility index (Phi) is 6.00. The number of imidazole rings is 1. The molecule has 0 spiro atoms. The van der Waals surface area contributed by atoms with Gasteiger partial charge in [-0.25, -0.2) is 15.0 Å². The molecular formula is C25H21N7O3. The Morgan fingerprint density at radius 1 is 0.914 bits per heavy atom. The number of nitrogens with one attached hydrogen (secondary N) is 2. The molecule has 2 N–H and O–H groups in total.